The van der Waals surface area contributed by atoms with Crippen LogP contribution in [0.5, 0.6) is 0 Å². The molecule has 2 rings (SSSR count). The van der Waals surface area contributed by atoms with Crippen LogP contribution >= 0.6 is 0 Å². The molecule has 0 saturated carbocycles. The van der Waals surface area contributed by atoms with Crippen molar-refractivity contribution in [1.82, 2.24) is 20.9 Å². The summed E-state index contributed by atoms with van der Waals surface area (Å²) in [6.07, 6.45) is 3.35. The summed E-state index contributed by atoms with van der Waals surface area (Å²) >= 11 is 0. The van der Waals surface area contributed by atoms with Crippen LogP contribution in [-0.2, 0) is 19.1 Å². The molecular weight excluding hydrogens is 550 g/mol. The Hall–Kier alpha value is -4.15. The number of aromatic nitrogens is 1. The second-order valence-electron chi connectivity index (χ2n) is 11.9. The van der Waals surface area contributed by atoms with Gasteiger partial charge in [-0.15, -0.1) is 0 Å². The first kappa shape index (κ1) is 35.0. The minimum absolute atomic E-state index is 0.0859. The lowest BCUT2D eigenvalue weighted by atomic mass is 10.0. The monoisotopic (exact) mass is 597 g/mol. The van der Waals surface area contributed by atoms with E-state index in [1.54, 1.807) is 40.1 Å². The van der Waals surface area contributed by atoms with E-state index in [0.717, 1.165) is 11.1 Å². The Kier molecular flexibility index (Phi) is 13.9. The molecule has 0 bridgehead atoms. The Morgan fingerprint density at radius 3 is 2.21 bits per heavy atom. The number of carbonyl (C=O) groups excluding carboxylic acids is 4. The number of hydrogen-bond acceptors (Lipinski definition) is 7. The van der Waals surface area contributed by atoms with E-state index in [4.69, 9.17) is 9.47 Å². The first-order valence-corrected chi connectivity index (χ1v) is 14.8. The molecule has 1 heterocycles. The lowest BCUT2D eigenvalue weighted by Crippen LogP contribution is -2.53. The van der Waals surface area contributed by atoms with E-state index < -0.39 is 41.7 Å². The van der Waals surface area contributed by atoms with Gasteiger partial charge in [0, 0.05) is 18.3 Å². The van der Waals surface area contributed by atoms with Crippen LogP contribution < -0.4 is 21.3 Å². The number of pyridine rings is 1. The number of amides is 4. The first-order chi connectivity index (χ1) is 20.3. The zero-order valence-corrected chi connectivity index (χ0v) is 26.4. The number of nitrogens with zero attached hydrogens (tertiary/aromatic N) is 1. The number of hydrogen-bond donors (Lipinski definition) is 4. The number of carbonyl (C=O) groups is 4. The minimum Gasteiger partial charge on any atom is -0.447 e. The molecule has 0 fully saturated rings. The van der Waals surface area contributed by atoms with Crippen molar-refractivity contribution < 1.29 is 28.7 Å². The fourth-order valence-corrected chi connectivity index (χ4v) is 4.02. The zero-order chi connectivity index (χ0) is 32.0. The quantitative estimate of drug-likeness (QED) is 0.213. The Bertz CT molecular complexity index is 1200. The number of anilines is 1. The van der Waals surface area contributed by atoms with Crippen LogP contribution in [-0.4, -0.2) is 59.3 Å². The lowest BCUT2D eigenvalue weighted by molar-refractivity contribution is -0.128. The van der Waals surface area contributed by atoms with Gasteiger partial charge in [0.1, 0.15) is 23.8 Å². The van der Waals surface area contributed by atoms with Gasteiger partial charge in [-0.2, -0.15) is 0 Å². The summed E-state index contributed by atoms with van der Waals surface area (Å²) in [4.78, 5) is 55.6. The molecule has 11 nitrogen and oxygen atoms in total. The summed E-state index contributed by atoms with van der Waals surface area (Å²) < 4.78 is 10.6. The average Bonchev–Trinajstić information content (AvgIpc) is 2.93. The molecule has 0 saturated heterocycles. The molecule has 1 aromatic carbocycles. The van der Waals surface area contributed by atoms with Crippen molar-refractivity contribution in [3.8, 4) is 11.1 Å². The number of ether oxygens (including phenoxy) is 2. The summed E-state index contributed by atoms with van der Waals surface area (Å²) in [7, 11) is 0. The Labute approximate surface area is 254 Å². The fourth-order valence-electron chi connectivity index (χ4n) is 4.02. The topological polar surface area (TPSA) is 148 Å². The van der Waals surface area contributed by atoms with E-state index in [2.05, 4.69) is 26.3 Å². The molecule has 0 radical (unpaired) electrons. The van der Waals surface area contributed by atoms with Gasteiger partial charge in [0.15, 0.2) is 0 Å². The number of rotatable bonds is 14. The van der Waals surface area contributed by atoms with Crippen LogP contribution in [0, 0.1) is 5.92 Å². The van der Waals surface area contributed by atoms with Gasteiger partial charge in [-0.1, -0.05) is 51.1 Å². The molecule has 4 N–H and O–H groups in total. The van der Waals surface area contributed by atoms with Crippen molar-refractivity contribution in [2.75, 3.05) is 11.9 Å². The summed E-state index contributed by atoms with van der Waals surface area (Å²) in [6, 6.07) is 9.60. The number of nitrogens with one attached hydrogen (secondary N) is 4. The van der Waals surface area contributed by atoms with E-state index in [0.29, 0.717) is 24.9 Å². The van der Waals surface area contributed by atoms with Gasteiger partial charge in [-0.25, -0.2) is 9.59 Å². The molecule has 2 aromatic rings. The first-order valence-electron chi connectivity index (χ1n) is 14.8. The predicted octanol–water partition coefficient (Wildman–Crippen LogP) is 5.42. The van der Waals surface area contributed by atoms with E-state index >= 15 is 0 Å². The van der Waals surface area contributed by atoms with Gasteiger partial charge >= 0.3 is 12.2 Å². The standard InChI is InChI=1S/C32H47N5O6/c1-8-22(4)42-30(40)34-16-12-15-26(37-31(41)43-32(5,6)7)28(38)36-27(17-21(2)3)29(39)35-25-18-24(19-33-20-25)23-13-10-9-11-14-23/h9-11,13-14,18-22,26-27H,8,12,15-17H2,1-7H3,(H,34,40)(H,35,39)(H,36,38)(H,37,41)/t22?,26-,27+/m0/s1. The maximum Gasteiger partial charge on any atom is 0.408 e. The van der Waals surface area contributed by atoms with E-state index in [1.807, 2.05) is 57.2 Å². The third kappa shape index (κ3) is 13.6. The van der Waals surface area contributed by atoms with Crippen LogP contribution in [0.15, 0.2) is 48.8 Å². The fraction of sp³-hybridized carbons (Fsp3) is 0.531. The summed E-state index contributed by atoms with van der Waals surface area (Å²) in [5.74, 6) is -0.854. The van der Waals surface area contributed by atoms with Crippen molar-refractivity contribution in [3.05, 3.63) is 48.8 Å². The smallest absolute Gasteiger partial charge is 0.408 e. The van der Waals surface area contributed by atoms with Crippen molar-refractivity contribution >= 4 is 29.7 Å². The third-order valence-corrected chi connectivity index (χ3v) is 6.28. The number of alkyl carbamates (subject to hydrolysis) is 2. The Morgan fingerprint density at radius 2 is 1.58 bits per heavy atom. The zero-order valence-electron chi connectivity index (χ0n) is 26.4. The van der Waals surface area contributed by atoms with Gasteiger partial charge < -0.3 is 30.7 Å². The van der Waals surface area contributed by atoms with E-state index in [9.17, 15) is 19.2 Å². The molecule has 0 aliphatic carbocycles. The maximum absolute atomic E-state index is 13.5. The second kappa shape index (κ2) is 17.1. The van der Waals surface area contributed by atoms with Gasteiger partial charge in [-0.05, 0) is 70.9 Å². The lowest BCUT2D eigenvalue weighted by Gasteiger charge is -2.26. The maximum atomic E-state index is 13.5. The molecule has 11 heteroatoms. The molecular formula is C32H47N5O6. The van der Waals surface area contributed by atoms with Gasteiger partial charge in [0.25, 0.3) is 0 Å². The highest BCUT2D eigenvalue weighted by atomic mass is 16.6. The van der Waals surface area contributed by atoms with Crippen molar-refractivity contribution in [3.63, 3.8) is 0 Å². The van der Waals surface area contributed by atoms with Crippen LogP contribution in [0.2, 0.25) is 0 Å². The Balaban J connectivity index is 2.12. The third-order valence-electron chi connectivity index (χ3n) is 6.28. The molecule has 3 atom stereocenters. The molecule has 1 unspecified atom stereocenters. The van der Waals surface area contributed by atoms with Crippen LogP contribution in [0.1, 0.15) is 74.1 Å². The highest BCUT2D eigenvalue weighted by Gasteiger charge is 2.29. The molecule has 0 aliphatic rings. The van der Waals surface area contributed by atoms with Crippen LogP contribution in [0.3, 0.4) is 0 Å². The predicted molar refractivity (Wildman–Crippen MR) is 166 cm³/mol. The number of benzene rings is 1. The highest BCUT2D eigenvalue weighted by Crippen LogP contribution is 2.21. The average molecular weight is 598 g/mol. The molecule has 1 aromatic heterocycles. The van der Waals surface area contributed by atoms with Gasteiger partial charge in [-0.3, -0.25) is 14.6 Å². The molecule has 236 valence electrons. The Morgan fingerprint density at radius 1 is 0.884 bits per heavy atom. The second-order valence-corrected chi connectivity index (χ2v) is 11.9. The highest BCUT2D eigenvalue weighted by molar-refractivity contribution is 5.98. The van der Waals surface area contributed by atoms with Gasteiger partial charge in [0.05, 0.1) is 11.9 Å². The minimum atomic E-state index is -1.01. The normalized spacial score (nSPS) is 13.3. The summed E-state index contributed by atoms with van der Waals surface area (Å²) in [5, 5.41) is 11.0. The van der Waals surface area contributed by atoms with E-state index in [1.165, 1.54) is 0 Å². The molecule has 0 spiro atoms. The van der Waals surface area contributed by atoms with Gasteiger partial charge in [0.2, 0.25) is 11.8 Å². The van der Waals surface area contributed by atoms with Crippen LogP contribution in [0.4, 0.5) is 15.3 Å². The molecule has 43 heavy (non-hydrogen) atoms. The largest absolute Gasteiger partial charge is 0.447 e. The molecule has 0 aliphatic heterocycles. The molecule has 4 amide bonds. The van der Waals surface area contributed by atoms with Crippen molar-refractivity contribution in [2.24, 2.45) is 5.92 Å². The summed E-state index contributed by atoms with van der Waals surface area (Å²) in [5.41, 5.74) is 1.52. The summed E-state index contributed by atoms with van der Waals surface area (Å²) in [6.45, 7) is 13.0. The van der Waals surface area contributed by atoms with E-state index in [-0.39, 0.29) is 25.0 Å². The van der Waals surface area contributed by atoms with Crippen molar-refractivity contribution in [1.29, 1.82) is 0 Å². The van der Waals surface area contributed by atoms with Crippen LogP contribution in [0.25, 0.3) is 11.1 Å². The van der Waals surface area contributed by atoms with Crippen molar-refractivity contribution in [2.45, 2.75) is 97.9 Å². The SMILES string of the molecule is CCC(C)OC(=O)NCCC[C@H](NC(=O)OC(C)(C)C)C(=O)N[C@H](CC(C)C)C(=O)Nc1cncc(-c2ccccc2)c1.